The van der Waals surface area contributed by atoms with Gasteiger partial charge in [-0.1, -0.05) is 36.8 Å². The summed E-state index contributed by atoms with van der Waals surface area (Å²) < 4.78 is 5.23. The molecule has 1 heterocycles. The van der Waals surface area contributed by atoms with Gasteiger partial charge in [0.25, 0.3) is 5.91 Å². The fraction of sp³-hybridized carbons (Fsp3) is 0.346. The summed E-state index contributed by atoms with van der Waals surface area (Å²) in [7, 11) is 3.26. The van der Waals surface area contributed by atoms with Crippen LogP contribution in [0.2, 0.25) is 0 Å². The third kappa shape index (κ3) is 7.22. The molecule has 0 aliphatic heterocycles. The van der Waals surface area contributed by atoms with Gasteiger partial charge in [-0.2, -0.15) is 0 Å². The SMILES string of the molecule is COc1cccc(CN(C)C(=O)c2cc(CN(CC(=O)O)CC3=CC=C(C(=O)O)C(C)C3)ncn2)c1. The third-order valence-electron chi connectivity index (χ3n) is 5.86. The number of carboxylic acid groups (broad SMARTS) is 2. The van der Waals surface area contributed by atoms with Crippen LogP contribution in [0.1, 0.15) is 35.1 Å². The van der Waals surface area contributed by atoms with E-state index in [1.54, 1.807) is 37.3 Å². The zero-order chi connectivity index (χ0) is 26.2. The van der Waals surface area contributed by atoms with Gasteiger partial charge >= 0.3 is 11.9 Å². The van der Waals surface area contributed by atoms with Crippen molar-refractivity contribution < 1.29 is 29.3 Å². The highest BCUT2D eigenvalue weighted by Crippen LogP contribution is 2.26. The molecule has 0 saturated carbocycles. The van der Waals surface area contributed by atoms with Crippen molar-refractivity contribution in [3.8, 4) is 5.75 Å². The van der Waals surface area contributed by atoms with Crippen molar-refractivity contribution in [3.05, 3.63) is 76.9 Å². The number of hydrogen-bond acceptors (Lipinski definition) is 7. The van der Waals surface area contributed by atoms with Gasteiger partial charge in [0.05, 0.1) is 19.3 Å². The minimum atomic E-state index is -0.996. The van der Waals surface area contributed by atoms with E-state index in [9.17, 15) is 24.6 Å². The molecular formula is C26H30N4O6. The number of carbonyl (C=O) groups is 3. The molecule has 0 spiro atoms. The van der Waals surface area contributed by atoms with Gasteiger partial charge in [-0.05, 0) is 36.1 Å². The number of nitrogens with zero attached hydrogens (tertiary/aromatic N) is 4. The van der Waals surface area contributed by atoms with Gasteiger partial charge in [0.1, 0.15) is 17.8 Å². The largest absolute Gasteiger partial charge is 0.497 e. The molecule has 1 aromatic carbocycles. The van der Waals surface area contributed by atoms with Crippen molar-refractivity contribution >= 4 is 17.8 Å². The van der Waals surface area contributed by atoms with Crippen molar-refractivity contribution in [1.29, 1.82) is 0 Å². The predicted molar refractivity (Wildman–Crippen MR) is 131 cm³/mol. The normalized spacial score (nSPS) is 15.2. The van der Waals surface area contributed by atoms with E-state index in [-0.39, 0.29) is 30.6 Å². The Balaban J connectivity index is 1.71. The lowest BCUT2D eigenvalue weighted by atomic mass is 9.88. The summed E-state index contributed by atoms with van der Waals surface area (Å²) in [5, 5.41) is 18.7. The first-order valence-corrected chi connectivity index (χ1v) is 11.4. The first kappa shape index (κ1) is 26.6. The highest BCUT2D eigenvalue weighted by atomic mass is 16.5. The monoisotopic (exact) mass is 494 g/mol. The van der Waals surface area contributed by atoms with Crippen LogP contribution in [-0.4, -0.2) is 75.1 Å². The maximum Gasteiger partial charge on any atom is 0.331 e. The Morgan fingerprint density at radius 1 is 1.08 bits per heavy atom. The van der Waals surface area contributed by atoms with Gasteiger partial charge < -0.3 is 19.8 Å². The van der Waals surface area contributed by atoms with Gasteiger partial charge in [-0.15, -0.1) is 0 Å². The van der Waals surface area contributed by atoms with E-state index < -0.39 is 11.9 Å². The molecule has 10 nitrogen and oxygen atoms in total. The van der Waals surface area contributed by atoms with Crippen molar-refractivity contribution in [3.63, 3.8) is 0 Å². The summed E-state index contributed by atoms with van der Waals surface area (Å²) in [4.78, 5) is 47.4. The molecule has 1 aromatic heterocycles. The topological polar surface area (TPSA) is 133 Å². The van der Waals surface area contributed by atoms with Gasteiger partial charge in [0.2, 0.25) is 0 Å². The highest BCUT2D eigenvalue weighted by Gasteiger charge is 2.23. The van der Waals surface area contributed by atoms with E-state index in [0.717, 1.165) is 11.1 Å². The minimum absolute atomic E-state index is 0.169. The second kappa shape index (κ2) is 12.1. The molecule has 0 saturated heterocycles. The predicted octanol–water partition coefficient (Wildman–Crippen LogP) is 2.62. The first-order valence-electron chi connectivity index (χ1n) is 11.4. The molecule has 1 amide bonds. The fourth-order valence-electron chi connectivity index (χ4n) is 4.13. The number of allylic oxidation sites excluding steroid dienone is 2. The van der Waals surface area contributed by atoms with Crippen LogP contribution in [0.3, 0.4) is 0 Å². The molecule has 3 rings (SSSR count). The summed E-state index contributed by atoms with van der Waals surface area (Å²) >= 11 is 0. The Bertz CT molecular complexity index is 1190. The summed E-state index contributed by atoms with van der Waals surface area (Å²) in [6, 6.07) is 9.01. The van der Waals surface area contributed by atoms with Crippen LogP contribution in [0.4, 0.5) is 0 Å². The average molecular weight is 495 g/mol. The highest BCUT2D eigenvalue weighted by molar-refractivity contribution is 5.92. The standard InChI is InChI=1S/C26H30N4O6/c1-17-9-19(7-8-22(17)26(34)35)13-30(15-24(31)32)14-20-11-23(28-16-27-20)25(33)29(2)12-18-5-4-6-21(10-18)36-3/h4-8,10-11,16-17H,9,12-15H2,1-3H3,(H,31,32)(H,34,35). The molecule has 0 fully saturated rings. The molecule has 2 aromatic rings. The van der Waals surface area contributed by atoms with E-state index in [2.05, 4.69) is 9.97 Å². The number of rotatable bonds is 11. The molecule has 1 aliphatic rings. The average Bonchev–Trinajstić information content (AvgIpc) is 2.83. The molecular weight excluding hydrogens is 464 g/mol. The summed E-state index contributed by atoms with van der Waals surface area (Å²) in [5.74, 6) is -1.70. The summed E-state index contributed by atoms with van der Waals surface area (Å²) in [6.45, 7) is 2.49. The van der Waals surface area contributed by atoms with Crippen molar-refractivity contribution in [2.45, 2.75) is 26.4 Å². The van der Waals surface area contributed by atoms with Crippen LogP contribution in [-0.2, 0) is 22.7 Å². The van der Waals surface area contributed by atoms with Gasteiger partial charge in [-0.3, -0.25) is 14.5 Å². The second-order valence-electron chi connectivity index (χ2n) is 8.80. The number of hydrogen-bond donors (Lipinski definition) is 2. The molecule has 36 heavy (non-hydrogen) atoms. The summed E-state index contributed by atoms with van der Waals surface area (Å²) in [6.07, 6.45) is 5.13. The van der Waals surface area contributed by atoms with Crippen LogP contribution in [0.15, 0.2) is 60.0 Å². The van der Waals surface area contributed by atoms with Crippen LogP contribution in [0, 0.1) is 5.92 Å². The smallest absolute Gasteiger partial charge is 0.331 e. The van der Waals surface area contributed by atoms with Crippen molar-refractivity contribution in [2.24, 2.45) is 5.92 Å². The molecule has 2 N–H and O–H groups in total. The number of amides is 1. The van der Waals surface area contributed by atoms with Crippen LogP contribution >= 0.6 is 0 Å². The molecule has 190 valence electrons. The molecule has 10 heteroatoms. The molecule has 0 radical (unpaired) electrons. The van der Waals surface area contributed by atoms with E-state index in [1.165, 1.54) is 11.2 Å². The van der Waals surface area contributed by atoms with Crippen LogP contribution < -0.4 is 4.74 Å². The van der Waals surface area contributed by atoms with Crippen LogP contribution in [0.25, 0.3) is 0 Å². The Morgan fingerprint density at radius 2 is 1.86 bits per heavy atom. The maximum absolute atomic E-state index is 13.0. The Hall–Kier alpha value is -4.05. The number of benzene rings is 1. The van der Waals surface area contributed by atoms with Gasteiger partial charge in [0, 0.05) is 32.3 Å². The lowest BCUT2D eigenvalue weighted by Gasteiger charge is -2.25. The first-order chi connectivity index (χ1) is 17.2. The number of aromatic nitrogens is 2. The van der Waals surface area contributed by atoms with E-state index in [0.29, 0.717) is 36.5 Å². The molecule has 1 aliphatic carbocycles. The third-order valence-corrected chi connectivity index (χ3v) is 5.86. The number of carbonyl (C=O) groups excluding carboxylic acids is 1. The van der Waals surface area contributed by atoms with Gasteiger partial charge in [-0.25, -0.2) is 14.8 Å². The second-order valence-corrected chi connectivity index (χ2v) is 8.80. The zero-order valence-electron chi connectivity index (χ0n) is 20.5. The fourth-order valence-corrected chi connectivity index (χ4v) is 4.13. The Labute approximate surface area is 209 Å². The molecule has 1 unspecified atom stereocenters. The number of methoxy groups -OCH3 is 1. The van der Waals surface area contributed by atoms with Crippen LogP contribution in [0.5, 0.6) is 5.75 Å². The summed E-state index contributed by atoms with van der Waals surface area (Å²) in [5.41, 5.74) is 2.88. The lowest BCUT2D eigenvalue weighted by Crippen LogP contribution is -2.33. The van der Waals surface area contributed by atoms with E-state index in [1.807, 2.05) is 31.2 Å². The number of aliphatic carboxylic acids is 2. The zero-order valence-corrected chi connectivity index (χ0v) is 20.5. The Kier molecular flexibility index (Phi) is 8.91. The van der Waals surface area contributed by atoms with Crippen molar-refractivity contribution in [2.75, 3.05) is 27.2 Å². The minimum Gasteiger partial charge on any atom is -0.497 e. The molecule has 0 bridgehead atoms. The van der Waals surface area contributed by atoms with E-state index >= 15 is 0 Å². The lowest BCUT2D eigenvalue weighted by molar-refractivity contribution is -0.138. The number of ether oxygens (including phenoxy) is 1. The maximum atomic E-state index is 13.0. The van der Waals surface area contributed by atoms with Crippen molar-refractivity contribution in [1.82, 2.24) is 19.8 Å². The molecule has 1 atom stereocenters. The van der Waals surface area contributed by atoms with E-state index in [4.69, 9.17) is 4.74 Å². The number of carboxylic acids is 2. The Morgan fingerprint density at radius 3 is 2.53 bits per heavy atom. The quantitative estimate of drug-likeness (QED) is 0.483. The van der Waals surface area contributed by atoms with Gasteiger partial charge in [0.15, 0.2) is 0 Å².